The van der Waals surface area contributed by atoms with Gasteiger partial charge in [-0.1, -0.05) is 0 Å². The summed E-state index contributed by atoms with van der Waals surface area (Å²) in [6.45, 7) is -0.153. The number of hydrogen-bond donors (Lipinski definition) is 3. The van der Waals surface area contributed by atoms with Crippen LogP contribution < -0.4 is 5.48 Å². The maximum atomic E-state index is 12.4. The summed E-state index contributed by atoms with van der Waals surface area (Å²) in [6.07, 6.45) is -4.72. The molecular formula is C9H10F3NO3. The SMILES string of the molecule is CONCc1cc(O)cc(C(F)(F)F)c1O. The average molecular weight is 237 g/mol. The van der Waals surface area contributed by atoms with Gasteiger partial charge in [0.05, 0.1) is 7.11 Å². The molecule has 0 saturated carbocycles. The lowest BCUT2D eigenvalue weighted by molar-refractivity contribution is -0.139. The maximum absolute atomic E-state index is 12.4. The highest BCUT2D eigenvalue weighted by molar-refractivity contribution is 5.47. The van der Waals surface area contributed by atoms with Crippen molar-refractivity contribution < 1.29 is 28.2 Å². The Bertz CT molecular complexity index is 379. The van der Waals surface area contributed by atoms with Crippen molar-refractivity contribution >= 4 is 0 Å². The summed E-state index contributed by atoms with van der Waals surface area (Å²) in [7, 11) is 1.28. The number of halogens is 3. The molecule has 16 heavy (non-hydrogen) atoms. The van der Waals surface area contributed by atoms with E-state index in [2.05, 4.69) is 10.3 Å². The van der Waals surface area contributed by atoms with Crippen LogP contribution in [0.1, 0.15) is 11.1 Å². The molecular weight excluding hydrogens is 227 g/mol. The fourth-order valence-electron chi connectivity index (χ4n) is 1.18. The molecule has 7 heteroatoms. The largest absolute Gasteiger partial charge is 0.508 e. The molecule has 3 N–H and O–H groups in total. The van der Waals surface area contributed by atoms with Gasteiger partial charge in [0.25, 0.3) is 0 Å². The molecule has 90 valence electrons. The van der Waals surface area contributed by atoms with Crippen LogP contribution in [0.5, 0.6) is 11.5 Å². The van der Waals surface area contributed by atoms with E-state index in [1.807, 2.05) is 0 Å². The van der Waals surface area contributed by atoms with E-state index < -0.39 is 23.2 Å². The van der Waals surface area contributed by atoms with Crippen molar-refractivity contribution in [3.8, 4) is 11.5 Å². The third-order valence-electron chi connectivity index (χ3n) is 1.89. The van der Waals surface area contributed by atoms with Gasteiger partial charge in [0, 0.05) is 12.1 Å². The van der Waals surface area contributed by atoms with E-state index in [1.54, 1.807) is 0 Å². The lowest BCUT2D eigenvalue weighted by Crippen LogP contribution is -2.13. The fraction of sp³-hybridized carbons (Fsp3) is 0.333. The van der Waals surface area contributed by atoms with Gasteiger partial charge in [-0.05, 0) is 12.1 Å². The first-order chi connectivity index (χ1) is 7.36. The summed E-state index contributed by atoms with van der Waals surface area (Å²) in [6, 6.07) is 1.49. The topological polar surface area (TPSA) is 61.7 Å². The number of nitrogens with one attached hydrogen (secondary N) is 1. The van der Waals surface area contributed by atoms with Crippen molar-refractivity contribution in [1.82, 2.24) is 5.48 Å². The number of benzene rings is 1. The molecule has 4 nitrogen and oxygen atoms in total. The summed E-state index contributed by atoms with van der Waals surface area (Å²) in [4.78, 5) is 4.44. The van der Waals surface area contributed by atoms with E-state index >= 15 is 0 Å². The number of alkyl halides is 3. The molecule has 0 atom stereocenters. The van der Waals surface area contributed by atoms with Gasteiger partial charge in [-0.15, -0.1) is 0 Å². The molecule has 0 fully saturated rings. The van der Waals surface area contributed by atoms with E-state index in [-0.39, 0.29) is 12.1 Å². The van der Waals surface area contributed by atoms with Crippen LogP contribution in [0.4, 0.5) is 13.2 Å². The van der Waals surface area contributed by atoms with Crippen LogP contribution in [0.25, 0.3) is 0 Å². The highest BCUT2D eigenvalue weighted by Crippen LogP contribution is 2.39. The summed E-state index contributed by atoms with van der Waals surface area (Å²) in [5.74, 6) is -1.49. The van der Waals surface area contributed by atoms with E-state index in [0.29, 0.717) is 6.07 Å². The second-order valence-corrected chi connectivity index (χ2v) is 3.02. The molecule has 1 aromatic rings. The third kappa shape index (κ3) is 2.77. The quantitative estimate of drug-likeness (QED) is 0.553. The van der Waals surface area contributed by atoms with Crippen LogP contribution in [0, 0.1) is 0 Å². The number of phenolic OH excluding ortho intramolecular Hbond substituents is 2. The van der Waals surface area contributed by atoms with Crippen molar-refractivity contribution in [3.63, 3.8) is 0 Å². The number of rotatable bonds is 3. The minimum Gasteiger partial charge on any atom is -0.508 e. The second kappa shape index (κ2) is 4.58. The van der Waals surface area contributed by atoms with Crippen LogP contribution in [0.3, 0.4) is 0 Å². The smallest absolute Gasteiger partial charge is 0.420 e. The first kappa shape index (κ1) is 12.6. The van der Waals surface area contributed by atoms with Gasteiger partial charge in [-0.2, -0.15) is 18.7 Å². The van der Waals surface area contributed by atoms with E-state index in [9.17, 15) is 18.3 Å². The van der Waals surface area contributed by atoms with Crippen LogP contribution in [0.15, 0.2) is 12.1 Å². The number of hydroxylamine groups is 1. The van der Waals surface area contributed by atoms with E-state index in [0.717, 1.165) is 6.07 Å². The van der Waals surface area contributed by atoms with Gasteiger partial charge < -0.3 is 15.1 Å². The van der Waals surface area contributed by atoms with Gasteiger partial charge in [-0.3, -0.25) is 0 Å². The van der Waals surface area contributed by atoms with Crippen molar-refractivity contribution in [2.75, 3.05) is 7.11 Å². The van der Waals surface area contributed by atoms with E-state index in [4.69, 9.17) is 5.11 Å². The Labute approximate surface area is 89.2 Å². The molecule has 0 aliphatic carbocycles. The number of aromatic hydroxyl groups is 2. The molecule has 0 aliphatic rings. The van der Waals surface area contributed by atoms with Crippen molar-refractivity contribution in [2.45, 2.75) is 12.7 Å². The molecule has 0 radical (unpaired) electrons. The van der Waals surface area contributed by atoms with Crippen LogP contribution in [-0.4, -0.2) is 17.3 Å². The molecule has 0 heterocycles. The highest BCUT2D eigenvalue weighted by atomic mass is 19.4. The third-order valence-corrected chi connectivity index (χ3v) is 1.89. The predicted molar refractivity (Wildman–Crippen MR) is 48.6 cm³/mol. The summed E-state index contributed by atoms with van der Waals surface area (Å²) in [5, 5.41) is 18.5. The first-order valence-corrected chi connectivity index (χ1v) is 4.24. The zero-order chi connectivity index (χ0) is 12.3. The standard InChI is InChI=1S/C9H10F3NO3/c1-16-13-4-5-2-6(14)3-7(8(5)15)9(10,11)12/h2-3,13-15H,4H2,1H3. The molecule has 0 aliphatic heterocycles. The second-order valence-electron chi connectivity index (χ2n) is 3.02. The first-order valence-electron chi connectivity index (χ1n) is 4.24. The van der Waals surface area contributed by atoms with Crippen LogP contribution in [0.2, 0.25) is 0 Å². The van der Waals surface area contributed by atoms with Crippen LogP contribution >= 0.6 is 0 Å². The zero-order valence-electron chi connectivity index (χ0n) is 8.30. The Kier molecular flexibility index (Phi) is 3.61. The number of hydrogen-bond acceptors (Lipinski definition) is 4. The minimum atomic E-state index is -4.72. The monoisotopic (exact) mass is 237 g/mol. The van der Waals surface area contributed by atoms with E-state index in [1.165, 1.54) is 7.11 Å². The Morgan fingerprint density at radius 2 is 1.94 bits per heavy atom. The zero-order valence-corrected chi connectivity index (χ0v) is 8.30. The molecule has 0 unspecified atom stereocenters. The molecule has 0 saturated heterocycles. The molecule has 1 aromatic carbocycles. The number of phenols is 2. The summed E-state index contributed by atoms with van der Waals surface area (Å²) >= 11 is 0. The molecule has 0 spiro atoms. The van der Waals surface area contributed by atoms with Gasteiger partial charge in [0.2, 0.25) is 0 Å². The Balaban J connectivity index is 3.16. The lowest BCUT2D eigenvalue weighted by atomic mass is 10.1. The summed E-state index contributed by atoms with van der Waals surface area (Å²) < 4.78 is 37.2. The fourth-order valence-corrected chi connectivity index (χ4v) is 1.18. The van der Waals surface area contributed by atoms with Gasteiger partial charge in [-0.25, -0.2) is 0 Å². The Morgan fingerprint density at radius 3 is 2.44 bits per heavy atom. The predicted octanol–water partition coefficient (Wildman–Crippen LogP) is 1.77. The van der Waals surface area contributed by atoms with Crippen molar-refractivity contribution in [2.24, 2.45) is 0 Å². The Hall–Kier alpha value is -1.47. The van der Waals surface area contributed by atoms with Crippen molar-refractivity contribution in [3.05, 3.63) is 23.3 Å². The van der Waals surface area contributed by atoms with Crippen molar-refractivity contribution in [1.29, 1.82) is 0 Å². The van der Waals surface area contributed by atoms with Gasteiger partial charge >= 0.3 is 6.18 Å². The highest BCUT2D eigenvalue weighted by Gasteiger charge is 2.35. The van der Waals surface area contributed by atoms with Crippen LogP contribution in [-0.2, 0) is 17.6 Å². The Morgan fingerprint density at radius 1 is 1.31 bits per heavy atom. The maximum Gasteiger partial charge on any atom is 0.420 e. The normalized spacial score (nSPS) is 11.8. The minimum absolute atomic E-state index is 0.103. The lowest BCUT2D eigenvalue weighted by Gasteiger charge is -2.13. The molecule has 0 bridgehead atoms. The van der Waals surface area contributed by atoms with Gasteiger partial charge in [0.1, 0.15) is 17.1 Å². The van der Waals surface area contributed by atoms with Gasteiger partial charge in [0.15, 0.2) is 0 Å². The molecule has 0 aromatic heterocycles. The molecule has 1 rings (SSSR count). The summed E-state index contributed by atoms with van der Waals surface area (Å²) in [5.41, 5.74) is 0.893. The molecule has 0 amide bonds. The average Bonchev–Trinajstić information content (AvgIpc) is 2.17.